The van der Waals surface area contributed by atoms with Crippen molar-refractivity contribution < 1.29 is 13.2 Å². The van der Waals surface area contributed by atoms with Crippen molar-refractivity contribution in [3.05, 3.63) is 29.8 Å². The summed E-state index contributed by atoms with van der Waals surface area (Å²) in [7, 11) is -3.41. The predicted octanol–water partition coefficient (Wildman–Crippen LogP) is 1.92. The topological polar surface area (TPSA) is 66.5 Å². The van der Waals surface area contributed by atoms with Gasteiger partial charge in [-0.3, -0.25) is 9.10 Å². The smallest absolute Gasteiger partial charge is 0.232 e. The molecule has 21 heavy (non-hydrogen) atoms. The molecule has 0 aliphatic heterocycles. The summed E-state index contributed by atoms with van der Waals surface area (Å²) in [4.78, 5) is 11.7. The Morgan fingerprint density at radius 2 is 2.00 bits per heavy atom. The average Bonchev–Trinajstić information content (AvgIpc) is 2.35. The predicted molar refractivity (Wildman–Crippen MR) is 85.8 cm³/mol. The maximum absolute atomic E-state index is 11.9. The molecule has 0 aliphatic carbocycles. The van der Waals surface area contributed by atoms with E-state index < -0.39 is 10.0 Å². The standard InChI is InChI=1S/C15H24N2O3S/c1-12(2)11-16-15(18)8-9-17(21(4,19)20)14-7-5-6-13(3)10-14/h5-7,10,12H,8-9,11H2,1-4H3,(H,16,18). The molecule has 0 saturated carbocycles. The molecular formula is C15H24N2O3S. The van der Waals surface area contributed by atoms with Crippen LogP contribution in [0.5, 0.6) is 0 Å². The zero-order chi connectivity index (χ0) is 16.0. The van der Waals surface area contributed by atoms with Gasteiger partial charge in [-0.05, 0) is 30.5 Å². The Bertz CT molecular complexity index is 582. The van der Waals surface area contributed by atoms with E-state index in [1.54, 1.807) is 12.1 Å². The summed E-state index contributed by atoms with van der Waals surface area (Å²) < 4.78 is 25.1. The average molecular weight is 312 g/mol. The summed E-state index contributed by atoms with van der Waals surface area (Å²) in [5.74, 6) is 0.238. The highest BCUT2D eigenvalue weighted by Crippen LogP contribution is 2.19. The molecule has 0 unspecified atom stereocenters. The number of sulfonamides is 1. The summed E-state index contributed by atoms with van der Waals surface area (Å²) in [6.07, 6.45) is 1.30. The van der Waals surface area contributed by atoms with Crippen LogP contribution in [0.1, 0.15) is 25.8 Å². The van der Waals surface area contributed by atoms with Gasteiger partial charge in [0.15, 0.2) is 0 Å². The van der Waals surface area contributed by atoms with Crippen molar-refractivity contribution in [2.24, 2.45) is 5.92 Å². The van der Waals surface area contributed by atoms with Gasteiger partial charge in [-0.15, -0.1) is 0 Å². The van der Waals surface area contributed by atoms with Gasteiger partial charge in [0.25, 0.3) is 0 Å². The molecule has 0 fully saturated rings. The van der Waals surface area contributed by atoms with Gasteiger partial charge >= 0.3 is 0 Å². The Morgan fingerprint density at radius 3 is 2.52 bits per heavy atom. The molecule has 0 bridgehead atoms. The number of benzene rings is 1. The number of nitrogens with one attached hydrogen (secondary N) is 1. The molecule has 118 valence electrons. The Labute approximate surface area is 127 Å². The van der Waals surface area contributed by atoms with Crippen LogP contribution in [0, 0.1) is 12.8 Å². The number of carbonyl (C=O) groups is 1. The van der Waals surface area contributed by atoms with Crippen LogP contribution in [0.2, 0.25) is 0 Å². The van der Waals surface area contributed by atoms with Gasteiger partial charge in [-0.25, -0.2) is 8.42 Å². The van der Waals surface area contributed by atoms with E-state index in [1.165, 1.54) is 4.31 Å². The molecule has 1 aromatic rings. The molecule has 0 heterocycles. The summed E-state index contributed by atoms with van der Waals surface area (Å²) in [5.41, 5.74) is 1.57. The van der Waals surface area contributed by atoms with Crippen molar-refractivity contribution >= 4 is 21.6 Å². The summed E-state index contributed by atoms with van der Waals surface area (Å²) in [6, 6.07) is 7.24. The summed E-state index contributed by atoms with van der Waals surface area (Å²) >= 11 is 0. The van der Waals surface area contributed by atoms with Gasteiger partial charge in [0, 0.05) is 19.5 Å². The molecule has 6 heteroatoms. The second-order valence-electron chi connectivity index (χ2n) is 5.62. The van der Waals surface area contributed by atoms with E-state index in [0.29, 0.717) is 18.2 Å². The maximum atomic E-state index is 11.9. The maximum Gasteiger partial charge on any atom is 0.232 e. The lowest BCUT2D eigenvalue weighted by Crippen LogP contribution is -2.35. The van der Waals surface area contributed by atoms with Crippen LogP contribution < -0.4 is 9.62 Å². The highest BCUT2D eigenvalue weighted by atomic mass is 32.2. The molecule has 0 spiro atoms. The fourth-order valence-corrected chi connectivity index (χ4v) is 2.80. The summed E-state index contributed by atoms with van der Waals surface area (Å²) in [5, 5.41) is 2.79. The van der Waals surface area contributed by atoms with Crippen LogP contribution >= 0.6 is 0 Å². The van der Waals surface area contributed by atoms with E-state index in [9.17, 15) is 13.2 Å². The van der Waals surface area contributed by atoms with E-state index in [1.807, 2.05) is 32.9 Å². The third-order valence-corrected chi connectivity index (χ3v) is 4.13. The van der Waals surface area contributed by atoms with Gasteiger partial charge < -0.3 is 5.32 Å². The van der Waals surface area contributed by atoms with Crippen LogP contribution in [0.25, 0.3) is 0 Å². The molecule has 5 nitrogen and oxygen atoms in total. The Kier molecular flexibility index (Phi) is 6.20. The summed E-state index contributed by atoms with van der Waals surface area (Å²) in [6.45, 7) is 6.67. The highest BCUT2D eigenvalue weighted by molar-refractivity contribution is 7.92. The van der Waals surface area contributed by atoms with Crippen molar-refractivity contribution in [2.75, 3.05) is 23.7 Å². The Hall–Kier alpha value is -1.56. The third-order valence-electron chi connectivity index (χ3n) is 2.94. The minimum Gasteiger partial charge on any atom is -0.356 e. The third kappa shape index (κ3) is 6.16. The van der Waals surface area contributed by atoms with Crippen LogP contribution in [0.4, 0.5) is 5.69 Å². The van der Waals surface area contributed by atoms with Crippen molar-refractivity contribution in [1.82, 2.24) is 5.32 Å². The number of hydrogen-bond acceptors (Lipinski definition) is 3. The molecular weight excluding hydrogens is 288 g/mol. The molecule has 0 atom stereocenters. The van der Waals surface area contributed by atoms with E-state index in [2.05, 4.69) is 5.32 Å². The minimum absolute atomic E-state index is 0.134. The fourth-order valence-electron chi connectivity index (χ4n) is 1.88. The number of carbonyl (C=O) groups excluding carboxylic acids is 1. The first kappa shape index (κ1) is 17.5. The molecule has 1 aromatic carbocycles. The fraction of sp³-hybridized carbons (Fsp3) is 0.533. The van der Waals surface area contributed by atoms with E-state index in [4.69, 9.17) is 0 Å². The molecule has 1 amide bonds. The Morgan fingerprint density at radius 1 is 1.33 bits per heavy atom. The van der Waals surface area contributed by atoms with Crippen LogP contribution in [-0.2, 0) is 14.8 Å². The number of aryl methyl sites for hydroxylation is 1. The second kappa shape index (κ2) is 7.45. The monoisotopic (exact) mass is 312 g/mol. The molecule has 0 aliphatic rings. The zero-order valence-electron chi connectivity index (χ0n) is 13.1. The molecule has 0 saturated heterocycles. The number of anilines is 1. The van der Waals surface area contributed by atoms with E-state index in [-0.39, 0.29) is 18.9 Å². The Balaban J connectivity index is 2.75. The van der Waals surface area contributed by atoms with E-state index >= 15 is 0 Å². The van der Waals surface area contributed by atoms with Gasteiger partial charge in [-0.2, -0.15) is 0 Å². The van der Waals surface area contributed by atoms with Crippen molar-refractivity contribution in [2.45, 2.75) is 27.2 Å². The molecule has 0 radical (unpaired) electrons. The van der Waals surface area contributed by atoms with Gasteiger partial charge in [-0.1, -0.05) is 26.0 Å². The number of rotatable bonds is 7. The lowest BCUT2D eigenvalue weighted by Gasteiger charge is -2.22. The minimum atomic E-state index is -3.41. The van der Waals surface area contributed by atoms with Crippen molar-refractivity contribution in [3.63, 3.8) is 0 Å². The van der Waals surface area contributed by atoms with E-state index in [0.717, 1.165) is 11.8 Å². The molecule has 1 rings (SSSR count). The number of amides is 1. The van der Waals surface area contributed by atoms with Crippen molar-refractivity contribution in [1.29, 1.82) is 0 Å². The van der Waals surface area contributed by atoms with Gasteiger partial charge in [0.1, 0.15) is 0 Å². The lowest BCUT2D eigenvalue weighted by molar-refractivity contribution is -0.121. The first-order valence-corrected chi connectivity index (χ1v) is 8.86. The number of nitrogens with zero attached hydrogens (tertiary/aromatic N) is 1. The first-order valence-electron chi connectivity index (χ1n) is 7.01. The normalized spacial score (nSPS) is 11.5. The molecule has 1 N–H and O–H groups in total. The molecule has 0 aromatic heterocycles. The first-order chi connectivity index (χ1) is 9.70. The number of hydrogen-bond donors (Lipinski definition) is 1. The SMILES string of the molecule is Cc1cccc(N(CCC(=O)NCC(C)C)S(C)(=O)=O)c1. The van der Waals surface area contributed by atoms with Crippen LogP contribution in [-0.4, -0.2) is 33.7 Å². The van der Waals surface area contributed by atoms with Crippen LogP contribution in [0.15, 0.2) is 24.3 Å². The lowest BCUT2D eigenvalue weighted by atomic mass is 10.2. The highest BCUT2D eigenvalue weighted by Gasteiger charge is 2.18. The van der Waals surface area contributed by atoms with Crippen molar-refractivity contribution in [3.8, 4) is 0 Å². The zero-order valence-corrected chi connectivity index (χ0v) is 13.9. The quantitative estimate of drug-likeness (QED) is 0.836. The van der Waals surface area contributed by atoms with Crippen LogP contribution in [0.3, 0.4) is 0 Å². The second-order valence-corrected chi connectivity index (χ2v) is 7.53. The van der Waals surface area contributed by atoms with Gasteiger partial charge in [0.05, 0.1) is 11.9 Å². The van der Waals surface area contributed by atoms with Gasteiger partial charge in [0.2, 0.25) is 15.9 Å². The largest absolute Gasteiger partial charge is 0.356 e.